The van der Waals surface area contributed by atoms with Crippen LogP contribution in [0.1, 0.15) is 6.42 Å². The van der Waals surface area contributed by atoms with Gasteiger partial charge in [0.2, 0.25) is 0 Å². The molecule has 2 heterocycles. The van der Waals surface area contributed by atoms with Gasteiger partial charge in [-0.3, -0.25) is 0 Å². The van der Waals surface area contributed by atoms with E-state index in [1.807, 2.05) is 0 Å². The highest BCUT2D eigenvalue weighted by molar-refractivity contribution is 7.91. The van der Waals surface area contributed by atoms with Gasteiger partial charge in [-0.1, -0.05) is 0 Å². The van der Waals surface area contributed by atoms with Gasteiger partial charge in [0.05, 0.1) is 30.8 Å². The lowest BCUT2D eigenvalue weighted by molar-refractivity contribution is -0.119. The highest BCUT2D eigenvalue weighted by Crippen LogP contribution is 2.41. The Labute approximate surface area is 88.3 Å². The van der Waals surface area contributed by atoms with Crippen LogP contribution < -0.4 is 0 Å². The summed E-state index contributed by atoms with van der Waals surface area (Å²) in [5.41, 5.74) is -0.922. The fourth-order valence-electron chi connectivity index (χ4n) is 2.46. The maximum absolute atomic E-state index is 11.4. The predicted molar refractivity (Wildman–Crippen MR) is 52.1 cm³/mol. The standard InChI is InChI=1S/C9H14O5S/c10-5-9(1-2-15(12,13)6-9)7-3-14-4-8(7)11/h5,7-8,11H,1-4,6H2. The first-order valence-electron chi connectivity index (χ1n) is 4.92. The number of hydrogen-bond donors (Lipinski definition) is 1. The van der Waals surface area contributed by atoms with Gasteiger partial charge < -0.3 is 14.6 Å². The number of hydrogen-bond acceptors (Lipinski definition) is 5. The Kier molecular flexibility index (Phi) is 2.60. The van der Waals surface area contributed by atoms with Crippen molar-refractivity contribution in [2.45, 2.75) is 12.5 Å². The number of sulfone groups is 1. The van der Waals surface area contributed by atoms with E-state index in [0.29, 0.717) is 12.7 Å². The van der Waals surface area contributed by atoms with Gasteiger partial charge in [0, 0.05) is 11.3 Å². The maximum Gasteiger partial charge on any atom is 0.151 e. The molecule has 3 atom stereocenters. The summed E-state index contributed by atoms with van der Waals surface area (Å²) in [6.07, 6.45) is 0.285. The number of carbonyl (C=O) groups is 1. The summed E-state index contributed by atoms with van der Waals surface area (Å²) in [7, 11) is -3.12. The molecule has 2 aliphatic heterocycles. The van der Waals surface area contributed by atoms with Gasteiger partial charge >= 0.3 is 0 Å². The molecule has 2 fully saturated rings. The maximum atomic E-state index is 11.4. The molecule has 0 aliphatic carbocycles. The topological polar surface area (TPSA) is 80.7 Å². The van der Waals surface area contributed by atoms with E-state index in [-0.39, 0.29) is 30.6 Å². The van der Waals surface area contributed by atoms with E-state index in [1.165, 1.54) is 0 Å². The smallest absolute Gasteiger partial charge is 0.151 e. The Balaban J connectivity index is 2.27. The second-order valence-corrected chi connectivity index (χ2v) is 6.59. The molecule has 3 unspecified atom stereocenters. The van der Waals surface area contributed by atoms with Crippen molar-refractivity contribution in [2.24, 2.45) is 11.3 Å². The number of aldehydes is 1. The van der Waals surface area contributed by atoms with Crippen LogP contribution in [0.5, 0.6) is 0 Å². The van der Waals surface area contributed by atoms with Crippen molar-refractivity contribution in [1.82, 2.24) is 0 Å². The fraction of sp³-hybridized carbons (Fsp3) is 0.889. The number of rotatable bonds is 2. The van der Waals surface area contributed by atoms with E-state index in [1.54, 1.807) is 0 Å². The normalized spacial score (nSPS) is 44.3. The Hall–Kier alpha value is -0.460. The van der Waals surface area contributed by atoms with Gasteiger partial charge in [0.15, 0.2) is 9.84 Å². The lowest BCUT2D eigenvalue weighted by Crippen LogP contribution is -2.40. The van der Waals surface area contributed by atoms with Crippen molar-refractivity contribution >= 4 is 16.1 Å². The highest BCUT2D eigenvalue weighted by atomic mass is 32.2. The largest absolute Gasteiger partial charge is 0.390 e. The average molecular weight is 234 g/mol. The summed E-state index contributed by atoms with van der Waals surface area (Å²) < 4.78 is 27.8. The molecule has 0 aromatic rings. The van der Waals surface area contributed by atoms with Gasteiger partial charge in [0.1, 0.15) is 6.29 Å². The average Bonchev–Trinajstić information content (AvgIpc) is 2.71. The third-order valence-corrected chi connectivity index (χ3v) is 5.19. The molecule has 0 aromatic heterocycles. The Morgan fingerprint density at radius 2 is 2.13 bits per heavy atom. The molecule has 0 saturated carbocycles. The molecular weight excluding hydrogens is 220 g/mol. The van der Waals surface area contributed by atoms with Crippen LogP contribution >= 0.6 is 0 Å². The number of aliphatic hydroxyl groups excluding tert-OH is 1. The van der Waals surface area contributed by atoms with Crippen molar-refractivity contribution < 1.29 is 23.1 Å². The van der Waals surface area contributed by atoms with Crippen molar-refractivity contribution in [3.8, 4) is 0 Å². The Morgan fingerprint density at radius 3 is 2.53 bits per heavy atom. The summed E-state index contributed by atoms with van der Waals surface area (Å²) in [5, 5.41) is 9.64. The van der Waals surface area contributed by atoms with Crippen LogP contribution in [-0.4, -0.2) is 50.6 Å². The van der Waals surface area contributed by atoms with Crippen LogP contribution in [0.2, 0.25) is 0 Å². The Morgan fingerprint density at radius 1 is 1.40 bits per heavy atom. The number of ether oxygens (including phenoxy) is 1. The molecule has 86 valence electrons. The third kappa shape index (κ3) is 1.81. The minimum Gasteiger partial charge on any atom is -0.390 e. The Bertz CT molecular complexity index is 363. The SMILES string of the molecule is O=CC1(C2COCC2O)CCS(=O)(=O)C1. The molecule has 0 radical (unpaired) electrons. The van der Waals surface area contributed by atoms with Gasteiger partial charge in [-0.25, -0.2) is 8.42 Å². The number of carbonyl (C=O) groups excluding carboxylic acids is 1. The summed E-state index contributed by atoms with van der Waals surface area (Å²) in [5.74, 6) is -0.476. The van der Waals surface area contributed by atoms with E-state index < -0.39 is 21.4 Å². The zero-order valence-electron chi connectivity index (χ0n) is 8.26. The fourth-order valence-corrected chi connectivity index (χ4v) is 4.54. The van der Waals surface area contributed by atoms with Crippen LogP contribution in [0.3, 0.4) is 0 Å². The van der Waals surface area contributed by atoms with Gasteiger partial charge in [0.25, 0.3) is 0 Å². The van der Waals surface area contributed by atoms with Crippen molar-refractivity contribution in [2.75, 3.05) is 24.7 Å². The highest BCUT2D eigenvalue weighted by Gasteiger charge is 2.51. The lowest BCUT2D eigenvalue weighted by Gasteiger charge is -2.28. The van der Waals surface area contributed by atoms with Crippen LogP contribution in [0.4, 0.5) is 0 Å². The first kappa shape index (κ1) is 11.0. The molecule has 0 aromatic carbocycles. The summed E-state index contributed by atoms with van der Waals surface area (Å²) in [6, 6.07) is 0. The van der Waals surface area contributed by atoms with E-state index in [0.717, 1.165) is 0 Å². The van der Waals surface area contributed by atoms with E-state index in [2.05, 4.69) is 0 Å². The third-order valence-electron chi connectivity index (χ3n) is 3.39. The molecule has 0 bridgehead atoms. The zero-order chi connectivity index (χ0) is 11.1. The number of aliphatic hydroxyl groups is 1. The van der Waals surface area contributed by atoms with E-state index in [4.69, 9.17) is 4.74 Å². The summed E-state index contributed by atoms with van der Waals surface area (Å²) in [4.78, 5) is 11.1. The minimum atomic E-state index is -3.12. The lowest BCUT2D eigenvalue weighted by atomic mass is 9.75. The molecule has 0 spiro atoms. The van der Waals surface area contributed by atoms with Crippen LogP contribution in [-0.2, 0) is 19.4 Å². The monoisotopic (exact) mass is 234 g/mol. The van der Waals surface area contributed by atoms with Gasteiger partial charge in [-0.2, -0.15) is 0 Å². The van der Waals surface area contributed by atoms with Crippen LogP contribution in [0.25, 0.3) is 0 Å². The molecule has 15 heavy (non-hydrogen) atoms. The van der Waals surface area contributed by atoms with Crippen molar-refractivity contribution in [3.05, 3.63) is 0 Å². The second kappa shape index (κ2) is 3.54. The molecule has 2 rings (SSSR count). The molecule has 1 N–H and O–H groups in total. The zero-order valence-corrected chi connectivity index (χ0v) is 9.07. The van der Waals surface area contributed by atoms with E-state index in [9.17, 15) is 18.3 Å². The molecule has 6 heteroatoms. The molecule has 2 saturated heterocycles. The summed E-state index contributed by atoms with van der Waals surface area (Å²) in [6.45, 7) is 0.468. The van der Waals surface area contributed by atoms with E-state index >= 15 is 0 Å². The first-order valence-corrected chi connectivity index (χ1v) is 6.74. The molecule has 5 nitrogen and oxygen atoms in total. The van der Waals surface area contributed by atoms with Crippen LogP contribution in [0, 0.1) is 11.3 Å². The summed E-state index contributed by atoms with van der Waals surface area (Å²) >= 11 is 0. The molecule has 2 aliphatic rings. The molecular formula is C9H14O5S. The van der Waals surface area contributed by atoms with Gasteiger partial charge in [-0.15, -0.1) is 0 Å². The van der Waals surface area contributed by atoms with Gasteiger partial charge in [-0.05, 0) is 6.42 Å². The predicted octanol–water partition coefficient (Wildman–Crippen LogP) is -1.00. The van der Waals surface area contributed by atoms with Crippen LogP contribution in [0.15, 0.2) is 0 Å². The van der Waals surface area contributed by atoms with Crippen molar-refractivity contribution in [3.63, 3.8) is 0 Å². The molecule has 0 amide bonds. The first-order chi connectivity index (χ1) is 6.99. The minimum absolute atomic E-state index is 0.0367. The quantitative estimate of drug-likeness (QED) is 0.620. The van der Waals surface area contributed by atoms with Crippen molar-refractivity contribution in [1.29, 1.82) is 0 Å². The second-order valence-electron chi connectivity index (χ2n) is 4.40.